The second kappa shape index (κ2) is 11.4. The molecule has 0 aliphatic carbocycles. The fourth-order valence-corrected chi connectivity index (χ4v) is 3.28. The number of fused-ring (bicyclic) bond motifs is 1. The number of anilines is 1. The largest absolute Gasteiger partial charge is 0.487 e. The number of nitrogens with one attached hydrogen (secondary N) is 2. The van der Waals surface area contributed by atoms with Gasteiger partial charge in [-0.1, -0.05) is 48.5 Å². The van der Waals surface area contributed by atoms with Crippen molar-refractivity contribution in [2.24, 2.45) is 0 Å². The van der Waals surface area contributed by atoms with Crippen molar-refractivity contribution < 1.29 is 19.1 Å². The average molecular weight is 475 g/mol. The molecule has 0 saturated heterocycles. The van der Waals surface area contributed by atoms with E-state index in [9.17, 15) is 9.59 Å². The van der Waals surface area contributed by atoms with Gasteiger partial charge in [-0.3, -0.25) is 9.59 Å². The number of halogens is 1. The normalized spacial score (nSPS) is 17.1. The van der Waals surface area contributed by atoms with Crippen LogP contribution in [0.15, 0.2) is 59.8 Å². The number of rotatable bonds is 7. The zero-order valence-electron chi connectivity index (χ0n) is 17.5. The number of esters is 1. The molecule has 3 rings (SSSR count). The number of alkyl halides is 1. The van der Waals surface area contributed by atoms with Gasteiger partial charge in [0.1, 0.15) is 24.3 Å². The van der Waals surface area contributed by atoms with Crippen molar-refractivity contribution in [3.63, 3.8) is 0 Å². The second-order valence-electron chi connectivity index (χ2n) is 6.13. The Bertz CT molecular complexity index is 916. The molecule has 6 nitrogen and oxygen atoms in total. The summed E-state index contributed by atoms with van der Waals surface area (Å²) in [6.45, 7) is 10.9. The molecule has 2 N–H and O–H groups in total. The van der Waals surface area contributed by atoms with Crippen LogP contribution in [0.25, 0.3) is 5.76 Å². The molecule has 7 heteroatoms. The summed E-state index contributed by atoms with van der Waals surface area (Å²) < 4.78 is 10.9. The van der Waals surface area contributed by atoms with E-state index in [4.69, 9.17) is 9.47 Å². The third-order valence-electron chi connectivity index (χ3n) is 4.32. The third-order valence-corrected chi connectivity index (χ3v) is 4.78. The van der Waals surface area contributed by atoms with Gasteiger partial charge in [0.25, 0.3) is 5.91 Å². The Labute approximate surface area is 185 Å². The molecule has 0 spiro atoms. The van der Waals surface area contributed by atoms with Crippen molar-refractivity contribution in [1.29, 1.82) is 0 Å². The highest BCUT2D eigenvalue weighted by Gasteiger charge is 2.32. The van der Waals surface area contributed by atoms with Crippen molar-refractivity contribution in [3.05, 3.63) is 71.0 Å². The van der Waals surface area contributed by atoms with Crippen LogP contribution in [0.5, 0.6) is 0 Å². The van der Waals surface area contributed by atoms with Gasteiger partial charge < -0.3 is 20.1 Å². The van der Waals surface area contributed by atoms with E-state index in [1.165, 1.54) is 0 Å². The van der Waals surface area contributed by atoms with E-state index >= 15 is 0 Å². The number of carbonyl (C=O) groups excluding carboxylic acids is 2. The number of carbonyl (C=O) groups is 2. The third kappa shape index (κ3) is 5.21. The molecular formula is C23H27BrN2O4. The first-order valence-electron chi connectivity index (χ1n) is 9.86. The molecule has 1 amide bonds. The fourth-order valence-electron chi connectivity index (χ4n) is 3.12. The van der Waals surface area contributed by atoms with Gasteiger partial charge >= 0.3 is 5.97 Å². The van der Waals surface area contributed by atoms with Crippen LogP contribution in [0.3, 0.4) is 0 Å². The van der Waals surface area contributed by atoms with E-state index in [1.807, 2.05) is 51.1 Å². The van der Waals surface area contributed by atoms with E-state index in [1.54, 1.807) is 6.08 Å². The molecule has 1 aromatic rings. The second-order valence-corrected chi connectivity index (χ2v) is 6.69. The van der Waals surface area contributed by atoms with Crippen LogP contribution in [-0.2, 0) is 25.7 Å². The minimum atomic E-state index is -0.293. The number of hydrogen-bond donors (Lipinski definition) is 2. The number of amides is 1. The van der Waals surface area contributed by atoms with Crippen LogP contribution < -0.4 is 10.6 Å². The lowest BCUT2D eigenvalue weighted by Crippen LogP contribution is -2.16. The molecule has 1 aromatic carbocycles. The molecule has 30 heavy (non-hydrogen) atoms. The topological polar surface area (TPSA) is 76.7 Å². The molecule has 0 saturated carbocycles. The SMILES string of the molecule is C=CC1=C(/C=C\C)NC(=O)/C1=C1/OCc2cc(NCCOC(=O)CBr)ccc21.CC. The van der Waals surface area contributed by atoms with Gasteiger partial charge in [0, 0.05) is 34.6 Å². The lowest BCUT2D eigenvalue weighted by molar-refractivity contribution is -0.139. The molecule has 0 unspecified atom stereocenters. The Morgan fingerprint density at radius 1 is 1.40 bits per heavy atom. The fraction of sp³-hybridized carbons (Fsp3) is 0.304. The summed E-state index contributed by atoms with van der Waals surface area (Å²) in [5.74, 6) is 0.0833. The van der Waals surface area contributed by atoms with Crippen LogP contribution in [0.1, 0.15) is 31.9 Å². The van der Waals surface area contributed by atoms with Crippen molar-refractivity contribution >= 4 is 39.3 Å². The van der Waals surface area contributed by atoms with Crippen LogP contribution in [0, 0.1) is 0 Å². The van der Waals surface area contributed by atoms with Crippen LogP contribution >= 0.6 is 15.9 Å². The van der Waals surface area contributed by atoms with Gasteiger partial charge in [-0.05, 0) is 31.2 Å². The van der Waals surface area contributed by atoms with E-state index in [0.717, 1.165) is 28.1 Å². The summed E-state index contributed by atoms with van der Waals surface area (Å²) in [5.41, 5.74) is 4.74. The van der Waals surface area contributed by atoms with Gasteiger partial charge in [-0.25, -0.2) is 0 Å². The summed E-state index contributed by atoms with van der Waals surface area (Å²) in [5, 5.41) is 6.26. The zero-order valence-corrected chi connectivity index (χ0v) is 19.1. The highest BCUT2D eigenvalue weighted by Crippen LogP contribution is 2.38. The molecule has 2 heterocycles. The maximum Gasteiger partial charge on any atom is 0.316 e. The van der Waals surface area contributed by atoms with Crippen molar-refractivity contribution in [1.82, 2.24) is 5.32 Å². The van der Waals surface area contributed by atoms with Gasteiger partial charge in [0.05, 0.1) is 5.57 Å². The van der Waals surface area contributed by atoms with E-state index in [-0.39, 0.29) is 23.8 Å². The average Bonchev–Trinajstić information content (AvgIpc) is 3.31. The van der Waals surface area contributed by atoms with E-state index < -0.39 is 0 Å². The Balaban J connectivity index is 0.00000155. The molecule has 0 aromatic heterocycles. The maximum absolute atomic E-state index is 12.5. The summed E-state index contributed by atoms with van der Waals surface area (Å²) in [4.78, 5) is 23.6. The summed E-state index contributed by atoms with van der Waals surface area (Å²) in [6.07, 6.45) is 5.37. The van der Waals surface area contributed by atoms with Crippen LogP contribution in [0.4, 0.5) is 5.69 Å². The monoisotopic (exact) mass is 474 g/mol. The molecule has 0 fully saturated rings. The summed E-state index contributed by atoms with van der Waals surface area (Å²) in [6, 6.07) is 5.82. The zero-order chi connectivity index (χ0) is 22.1. The minimum Gasteiger partial charge on any atom is -0.487 e. The highest BCUT2D eigenvalue weighted by atomic mass is 79.9. The number of benzene rings is 1. The lowest BCUT2D eigenvalue weighted by atomic mass is 9.99. The predicted molar refractivity (Wildman–Crippen MR) is 123 cm³/mol. The summed E-state index contributed by atoms with van der Waals surface area (Å²) in [7, 11) is 0. The Kier molecular flexibility index (Phi) is 8.92. The Morgan fingerprint density at radius 3 is 2.83 bits per heavy atom. The molecule has 2 aliphatic heterocycles. The first-order valence-corrected chi connectivity index (χ1v) is 11.0. The quantitative estimate of drug-likeness (QED) is 0.264. The number of allylic oxidation sites excluding steroid dienone is 3. The molecule has 2 aliphatic rings. The Morgan fingerprint density at radius 2 is 2.17 bits per heavy atom. The lowest BCUT2D eigenvalue weighted by Gasteiger charge is -2.09. The van der Waals surface area contributed by atoms with E-state index in [0.29, 0.717) is 24.5 Å². The van der Waals surface area contributed by atoms with Gasteiger partial charge in [-0.15, -0.1) is 0 Å². The molecule has 0 radical (unpaired) electrons. The first-order chi connectivity index (χ1) is 14.6. The molecule has 0 bridgehead atoms. The van der Waals surface area contributed by atoms with E-state index in [2.05, 4.69) is 33.1 Å². The standard InChI is InChI=1S/C21H21BrN2O4.C2H6/c1-3-5-17-15(4-2)19(21(26)24-17)20-16-7-6-14(10-13(16)12-28-20)23-8-9-27-18(25)11-22;1-2/h3-7,10,23H,2,8-9,11-12H2,1H3,(H,24,26);1-2H3/b5-3-,20-19+;. The predicted octanol–water partition coefficient (Wildman–Crippen LogP) is 4.45. The first kappa shape index (κ1) is 23.5. The Hall–Kier alpha value is -2.80. The molecule has 160 valence electrons. The number of hydrogen-bond acceptors (Lipinski definition) is 5. The summed E-state index contributed by atoms with van der Waals surface area (Å²) >= 11 is 3.05. The molecule has 0 atom stereocenters. The van der Waals surface area contributed by atoms with Gasteiger partial charge in [0.15, 0.2) is 0 Å². The minimum absolute atomic E-state index is 0.186. The van der Waals surface area contributed by atoms with Crippen molar-refractivity contribution in [3.8, 4) is 0 Å². The smallest absolute Gasteiger partial charge is 0.316 e. The van der Waals surface area contributed by atoms with Gasteiger partial charge in [-0.2, -0.15) is 0 Å². The van der Waals surface area contributed by atoms with Crippen LogP contribution in [-0.4, -0.2) is 30.4 Å². The maximum atomic E-state index is 12.5. The van der Waals surface area contributed by atoms with Crippen molar-refractivity contribution in [2.75, 3.05) is 23.8 Å². The van der Waals surface area contributed by atoms with Crippen LogP contribution in [0.2, 0.25) is 0 Å². The highest BCUT2D eigenvalue weighted by molar-refractivity contribution is 9.09. The molecular weight excluding hydrogens is 448 g/mol. The van der Waals surface area contributed by atoms with Crippen molar-refractivity contribution in [2.45, 2.75) is 27.4 Å². The van der Waals surface area contributed by atoms with Gasteiger partial charge in [0.2, 0.25) is 0 Å². The number of ether oxygens (including phenoxy) is 2.